The van der Waals surface area contributed by atoms with Gasteiger partial charge in [-0.3, -0.25) is 9.48 Å². The molecule has 0 fully saturated rings. The summed E-state index contributed by atoms with van der Waals surface area (Å²) in [4.78, 5) is 11.7. The van der Waals surface area contributed by atoms with E-state index < -0.39 is 0 Å². The van der Waals surface area contributed by atoms with Crippen LogP contribution in [0.3, 0.4) is 0 Å². The lowest BCUT2D eigenvalue weighted by atomic mass is 10.3. The molecule has 0 bridgehead atoms. The highest BCUT2D eigenvalue weighted by atomic mass is 16.5. The SMILES string of the molecule is CCCOCC(=O)c1c(OC)cnn1C. The van der Waals surface area contributed by atoms with Crippen molar-refractivity contribution in [3.05, 3.63) is 11.9 Å². The predicted molar refractivity (Wildman–Crippen MR) is 55.2 cm³/mol. The molecule has 0 radical (unpaired) electrons. The molecule has 0 N–H and O–H groups in total. The van der Waals surface area contributed by atoms with E-state index >= 15 is 0 Å². The summed E-state index contributed by atoms with van der Waals surface area (Å²) < 4.78 is 11.7. The van der Waals surface area contributed by atoms with Crippen molar-refractivity contribution < 1.29 is 14.3 Å². The summed E-state index contributed by atoms with van der Waals surface area (Å²) >= 11 is 0. The highest BCUT2D eigenvalue weighted by Gasteiger charge is 2.17. The second-order valence-corrected chi connectivity index (χ2v) is 3.16. The molecule has 0 spiro atoms. The molecule has 0 aliphatic carbocycles. The molecular weight excluding hydrogens is 196 g/mol. The molecule has 0 amide bonds. The highest BCUT2D eigenvalue weighted by molar-refractivity contribution is 5.97. The van der Waals surface area contributed by atoms with Gasteiger partial charge in [0, 0.05) is 13.7 Å². The van der Waals surface area contributed by atoms with Crippen LogP contribution in [0.15, 0.2) is 6.20 Å². The van der Waals surface area contributed by atoms with Gasteiger partial charge in [0.1, 0.15) is 12.3 Å². The van der Waals surface area contributed by atoms with Crippen molar-refractivity contribution in [3.63, 3.8) is 0 Å². The lowest BCUT2D eigenvalue weighted by Crippen LogP contribution is -2.14. The van der Waals surface area contributed by atoms with Crippen LogP contribution in [0, 0.1) is 0 Å². The molecule has 1 heterocycles. The standard InChI is InChI=1S/C10H16N2O3/c1-4-5-15-7-8(13)10-9(14-3)6-11-12(10)2/h6H,4-5,7H2,1-3H3. The number of ketones is 1. The molecule has 84 valence electrons. The van der Waals surface area contributed by atoms with Gasteiger partial charge in [-0.25, -0.2) is 0 Å². The zero-order chi connectivity index (χ0) is 11.3. The first-order chi connectivity index (χ1) is 7.20. The van der Waals surface area contributed by atoms with Crippen LogP contribution in [0.2, 0.25) is 0 Å². The average Bonchev–Trinajstić information content (AvgIpc) is 2.59. The minimum absolute atomic E-state index is 0.0731. The van der Waals surface area contributed by atoms with E-state index in [1.54, 1.807) is 7.05 Å². The van der Waals surface area contributed by atoms with Gasteiger partial charge in [0.15, 0.2) is 5.75 Å². The number of methoxy groups -OCH3 is 1. The van der Waals surface area contributed by atoms with Gasteiger partial charge in [-0.05, 0) is 6.42 Å². The Kier molecular flexibility index (Phi) is 4.30. The smallest absolute Gasteiger partial charge is 0.210 e. The minimum Gasteiger partial charge on any atom is -0.493 e. The van der Waals surface area contributed by atoms with Gasteiger partial charge in [-0.15, -0.1) is 0 Å². The number of Topliss-reactive ketones (excluding diaryl/α,β-unsaturated/α-hetero) is 1. The largest absolute Gasteiger partial charge is 0.493 e. The second kappa shape index (κ2) is 5.50. The molecule has 5 heteroatoms. The van der Waals surface area contributed by atoms with Crippen LogP contribution in [-0.2, 0) is 11.8 Å². The number of rotatable bonds is 6. The molecule has 0 aliphatic rings. The van der Waals surface area contributed by atoms with Crippen LogP contribution in [0.5, 0.6) is 5.75 Å². The monoisotopic (exact) mass is 212 g/mol. The number of carbonyl (C=O) groups excluding carboxylic acids is 1. The molecule has 15 heavy (non-hydrogen) atoms. The first-order valence-electron chi connectivity index (χ1n) is 4.87. The van der Waals surface area contributed by atoms with Gasteiger partial charge in [0.2, 0.25) is 5.78 Å². The number of aromatic nitrogens is 2. The molecule has 0 atom stereocenters. The normalized spacial score (nSPS) is 10.3. The van der Waals surface area contributed by atoms with Crippen molar-refractivity contribution in [2.45, 2.75) is 13.3 Å². The Morgan fingerprint density at radius 2 is 2.33 bits per heavy atom. The fourth-order valence-corrected chi connectivity index (χ4v) is 1.26. The number of ether oxygens (including phenoxy) is 2. The fraction of sp³-hybridized carbons (Fsp3) is 0.600. The summed E-state index contributed by atoms with van der Waals surface area (Å²) in [6, 6.07) is 0. The maximum absolute atomic E-state index is 11.7. The Bertz CT molecular complexity index is 333. The number of carbonyl (C=O) groups is 1. The number of hydrogen-bond acceptors (Lipinski definition) is 4. The molecule has 0 saturated heterocycles. The van der Waals surface area contributed by atoms with Crippen LogP contribution in [-0.4, -0.2) is 35.9 Å². The van der Waals surface area contributed by atoms with Gasteiger partial charge in [-0.2, -0.15) is 5.10 Å². The Morgan fingerprint density at radius 3 is 2.93 bits per heavy atom. The van der Waals surface area contributed by atoms with Crippen molar-refractivity contribution in [1.29, 1.82) is 0 Å². The van der Waals surface area contributed by atoms with Crippen LogP contribution in [0.25, 0.3) is 0 Å². The van der Waals surface area contributed by atoms with Gasteiger partial charge in [0.05, 0.1) is 13.3 Å². The molecule has 1 rings (SSSR count). The van der Waals surface area contributed by atoms with E-state index in [0.717, 1.165) is 6.42 Å². The fourth-order valence-electron chi connectivity index (χ4n) is 1.26. The third-order valence-electron chi connectivity index (χ3n) is 1.97. The van der Waals surface area contributed by atoms with Crippen LogP contribution >= 0.6 is 0 Å². The Labute approximate surface area is 89.0 Å². The van der Waals surface area contributed by atoms with E-state index in [0.29, 0.717) is 18.1 Å². The third-order valence-corrected chi connectivity index (χ3v) is 1.97. The van der Waals surface area contributed by atoms with Crippen molar-refractivity contribution in [3.8, 4) is 5.75 Å². The second-order valence-electron chi connectivity index (χ2n) is 3.16. The highest BCUT2D eigenvalue weighted by Crippen LogP contribution is 2.16. The molecule has 0 aliphatic heterocycles. The quantitative estimate of drug-likeness (QED) is 0.522. The van der Waals surface area contributed by atoms with E-state index in [4.69, 9.17) is 9.47 Å². The molecule has 1 aromatic rings. The summed E-state index contributed by atoms with van der Waals surface area (Å²) in [5.41, 5.74) is 0.452. The first-order valence-corrected chi connectivity index (χ1v) is 4.87. The molecule has 5 nitrogen and oxygen atoms in total. The molecular formula is C10H16N2O3. The van der Waals surface area contributed by atoms with E-state index in [9.17, 15) is 4.79 Å². The summed E-state index contributed by atoms with van der Waals surface area (Å²) in [6.07, 6.45) is 2.42. The maximum atomic E-state index is 11.7. The zero-order valence-electron chi connectivity index (χ0n) is 9.32. The van der Waals surface area contributed by atoms with Crippen molar-refractivity contribution in [1.82, 2.24) is 9.78 Å². The number of aryl methyl sites for hydroxylation is 1. The molecule has 1 aromatic heterocycles. The molecule has 0 saturated carbocycles. The van der Waals surface area contributed by atoms with Crippen LogP contribution < -0.4 is 4.74 Å². The van der Waals surface area contributed by atoms with Gasteiger partial charge >= 0.3 is 0 Å². The number of nitrogens with zero attached hydrogens (tertiary/aromatic N) is 2. The van der Waals surface area contributed by atoms with Crippen molar-refractivity contribution in [2.75, 3.05) is 20.3 Å². The van der Waals surface area contributed by atoms with Crippen LogP contribution in [0.1, 0.15) is 23.8 Å². The summed E-state index contributed by atoms with van der Waals surface area (Å²) in [6.45, 7) is 2.66. The Hall–Kier alpha value is -1.36. The third kappa shape index (κ3) is 2.79. The predicted octanol–water partition coefficient (Wildman–Crippen LogP) is 1.04. The van der Waals surface area contributed by atoms with Gasteiger partial charge < -0.3 is 9.47 Å². The van der Waals surface area contributed by atoms with Crippen molar-refractivity contribution in [2.24, 2.45) is 7.05 Å². The molecule has 0 unspecified atom stereocenters. The first kappa shape index (κ1) is 11.7. The van der Waals surface area contributed by atoms with Gasteiger partial charge in [-0.1, -0.05) is 6.92 Å². The Balaban J connectivity index is 2.67. The zero-order valence-corrected chi connectivity index (χ0v) is 9.32. The Morgan fingerprint density at radius 1 is 1.60 bits per heavy atom. The van der Waals surface area contributed by atoms with E-state index in [1.807, 2.05) is 6.92 Å². The molecule has 0 aromatic carbocycles. The summed E-state index contributed by atoms with van der Waals surface area (Å²) in [7, 11) is 3.22. The van der Waals surface area contributed by atoms with Crippen molar-refractivity contribution >= 4 is 5.78 Å². The lowest BCUT2D eigenvalue weighted by Gasteiger charge is -2.04. The number of hydrogen-bond donors (Lipinski definition) is 0. The van der Waals surface area contributed by atoms with E-state index in [-0.39, 0.29) is 12.4 Å². The minimum atomic E-state index is -0.111. The lowest BCUT2D eigenvalue weighted by molar-refractivity contribution is 0.0749. The average molecular weight is 212 g/mol. The summed E-state index contributed by atoms with van der Waals surface area (Å²) in [5.74, 6) is 0.378. The summed E-state index contributed by atoms with van der Waals surface area (Å²) in [5, 5.41) is 3.95. The van der Waals surface area contributed by atoms with E-state index in [2.05, 4.69) is 5.10 Å². The van der Waals surface area contributed by atoms with E-state index in [1.165, 1.54) is 18.0 Å². The maximum Gasteiger partial charge on any atom is 0.210 e. The topological polar surface area (TPSA) is 53.4 Å². The van der Waals surface area contributed by atoms with Crippen LogP contribution in [0.4, 0.5) is 0 Å². The van der Waals surface area contributed by atoms with Gasteiger partial charge in [0.25, 0.3) is 0 Å².